The van der Waals surface area contributed by atoms with Crippen LogP contribution in [0.25, 0.3) is 26.0 Å². The van der Waals surface area contributed by atoms with Gasteiger partial charge in [0.05, 0.1) is 24.1 Å². The van der Waals surface area contributed by atoms with Crippen molar-refractivity contribution >= 4 is 38.7 Å². The van der Waals surface area contributed by atoms with E-state index in [2.05, 4.69) is 27.1 Å². The monoisotopic (exact) mass is 480 g/mol. The molecule has 1 aromatic carbocycles. The van der Waals surface area contributed by atoms with E-state index in [1.165, 1.54) is 6.33 Å². The molecule has 0 unspecified atom stereocenters. The number of methoxy groups -OCH3 is 1. The standard InChI is InChI=1S/C24H28N6O3S/c1-14-8-16-10-20(34-23(16)19(9-14)33-3)21-17(12-31)18(30-22(21)24(25)26-13-27-30)11-28-4-6-29(7-5-28)15(2)32/h8-10,13,31H,4-7,11-12H2,1-3H3,(H2,25,26,27). The average molecular weight is 481 g/mol. The number of benzene rings is 1. The second kappa shape index (κ2) is 8.86. The number of piperazine rings is 1. The zero-order valence-corrected chi connectivity index (χ0v) is 20.4. The van der Waals surface area contributed by atoms with Crippen LogP contribution in [-0.2, 0) is 17.9 Å². The molecule has 0 aliphatic carbocycles. The normalized spacial score (nSPS) is 14.9. The Morgan fingerprint density at radius 1 is 1.24 bits per heavy atom. The molecule has 4 heterocycles. The van der Waals surface area contributed by atoms with Gasteiger partial charge in [-0.15, -0.1) is 11.3 Å². The largest absolute Gasteiger partial charge is 0.495 e. The SMILES string of the molecule is COc1cc(C)cc2cc(-c3c(CO)c(CN4CCN(C(C)=O)CC4)n4ncnc(N)c34)sc12. The molecule has 0 spiro atoms. The van der Waals surface area contributed by atoms with Gasteiger partial charge in [-0.25, -0.2) is 9.50 Å². The van der Waals surface area contributed by atoms with Crippen molar-refractivity contribution in [3.63, 3.8) is 0 Å². The highest BCUT2D eigenvalue weighted by molar-refractivity contribution is 7.22. The summed E-state index contributed by atoms with van der Waals surface area (Å²) in [5, 5.41) is 16.1. The fourth-order valence-corrected chi connectivity index (χ4v) is 6.00. The third-order valence-electron chi connectivity index (χ3n) is 6.50. The van der Waals surface area contributed by atoms with E-state index in [0.29, 0.717) is 31.0 Å². The van der Waals surface area contributed by atoms with E-state index in [0.717, 1.165) is 56.2 Å². The number of carbonyl (C=O) groups is 1. The van der Waals surface area contributed by atoms with E-state index < -0.39 is 0 Å². The first-order valence-corrected chi connectivity index (χ1v) is 12.0. The smallest absolute Gasteiger partial charge is 0.219 e. The maximum Gasteiger partial charge on any atom is 0.219 e. The molecular formula is C24H28N6O3S. The number of aromatic nitrogens is 3. The van der Waals surface area contributed by atoms with Crippen molar-refractivity contribution in [3.05, 3.63) is 41.3 Å². The summed E-state index contributed by atoms with van der Waals surface area (Å²) < 4.78 is 8.49. The van der Waals surface area contributed by atoms with Crippen LogP contribution in [0, 0.1) is 6.92 Å². The molecule has 0 bridgehead atoms. The highest BCUT2D eigenvalue weighted by Gasteiger charge is 2.27. The van der Waals surface area contributed by atoms with Crippen LogP contribution in [0.5, 0.6) is 5.75 Å². The number of amides is 1. The van der Waals surface area contributed by atoms with Crippen molar-refractivity contribution in [3.8, 4) is 16.2 Å². The van der Waals surface area contributed by atoms with Gasteiger partial charge >= 0.3 is 0 Å². The van der Waals surface area contributed by atoms with Crippen LogP contribution in [0.4, 0.5) is 5.82 Å². The molecule has 0 atom stereocenters. The number of aryl methyl sites for hydroxylation is 1. The molecule has 0 saturated carbocycles. The summed E-state index contributed by atoms with van der Waals surface area (Å²) in [7, 11) is 1.68. The molecule has 5 rings (SSSR count). The minimum atomic E-state index is -0.148. The van der Waals surface area contributed by atoms with E-state index in [-0.39, 0.29) is 12.5 Å². The number of nitrogen functional groups attached to an aromatic ring is 1. The number of nitrogens with zero attached hydrogens (tertiary/aromatic N) is 5. The molecule has 1 saturated heterocycles. The zero-order chi connectivity index (χ0) is 24.0. The molecule has 1 aliphatic rings. The number of hydrogen-bond acceptors (Lipinski definition) is 8. The number of rotatable bonds is 5. The Labute approximate surface area is 201 Å². The van der Waals surface area contributed by atoms with E-state index in [1.807, 2.05) is 22.4 Å². The molecule has 9 nitrogen and oxygen atoms in total. The molecule has 1 fully saturated rings. The molecule has 1 aliphatic heterocycles. The number of thiophene rings is 1. The summed E-state index contributed by atoms with van der Waals surface area (Å²) >= 11 is 1.61. The lowest BCUT2D eigenvalue weighted by atomic mass is 10.1. The predicted molar refractivity (Wildman–Crippen MR) is 133 cm³/mol. The van der Waals surface area contributed by atoms with Crippen LogP contribution < -0.4 is 10.5 Å². The Bertz CT molecular complexity index is 1390. The van der Waals surface area contributed by atoms with Crippen molar-refractivity contribution < 1.29 is 14.6 Å². The fraction of sp³-hybridized carbons (Fsp3) is 0.375. The maximum absolute atomic E-state index is 11.7. The molecule has 4 aromatic rings. The van der Waals surface area contributed by atoms with E-state index in [9.17, 15) is 9.90 Å². The van der Waals surface area contributed by atoms with Gasteiger partial charge in [0.25, 0.3) is 0 Å². The Kier molecular flexibility index (Phi) is 5.88. The summed E-state index contributed by atoms with van der Waals surface area (Å²) in [6.45, 7) is 6.98. The third kappa shape index (κ3) is 3.77. The van der Waals surface area contributed by atoms with Gasteiger partial charge in [-0.1, -0.05) is 6.07 Å². The fourth-order valence-electron chi connectivity index (χ4n) is 4.79. The highest BCUT2D eigenvalue weighted by Crippen LogP contribution is 2.44. The third-order valence-corrected chi connectivity index (χ3v) is 7.69. The summed E-state index contributed by atoms with van der Waals surface area (Å²) in [5.41, 5.74) is 10.7. The number of fused-ring (bicyclic) bond motifs is 2. The van der Waals surface area contributed by atoms with E-state index in [1.54, 1.807) is 25.4 Å². The first kappa shape index (κ1) is 22.6. The van der Waals surface area contributed by atoms with E-state index >= 15 is 0 Å². The number of hydrogen-bond donors (Lipinski definition) is 2. The van der Waals surface area contributed by atoms with Gasteiger partial charge in [0.2, 0.25) is 5.91 Å². The van der Waals surface area contributed by atoms with E-state index in [4.69, 9.17) is 10.5 Å². The minimum Gasteiger partial charge on any atom is -0.495 e. The maximum atomic E-state index is 11.7. The summed E-state index contributed by atoms with van der Waals surface area (Å²) in [6, 6.07) is 6.27. The van der Waals surface area contributed by atoms with Gasteiger partial charge in [-0.2, -0.15) is 5.10 Å². The van der Waals surface area contributed by atoms with Gasteiger partial charge in [0.1, 0.15) is 17.6 Å². The average Bonchev–Trinajstić information content (AvgIpc) is 3.38. The summed E-state index contributed by atoms with van der Waals surface area (Å²) in [4.78, 5) is 21.1. The Morgan fingerprint density at radius 2 is 2.00 bits per heavy atom. The van der Waals surface area contributed by atoms with Crippen molar-refractivity contribution in [2.45, 2.75) is 27.0 Å². The molecular weight excluding hydrogens is 452 g/mol. The Hall–Kier alpha value is -3.21. The number of anilines is 1. The first-order chi connectivity index (χ1) is 16.4. The topological polar surface area (TPSA) is 109 Å². The van der Waals surface area contributed by atoms with Crippen molar-refractivity contribution in [1.29, 1.82) is 0 Å². The second-order valence-corrected chi connectivity index (χ2v) is 9.69. The highest BCUT2D eigenvalue weighted by atomic mass is 32.1. The molecule has 1 amide bonds. The van der Waals surface area contributed by atoms with Crippen molar-refractivity contribution in [2.24, 2.45) is 0 Å². The number of carbonyl (C=O) groups excluding carboxylic acids is 1. The molecule has 3 N–H and O–H groups in total. The van der Waals surface area contributed by atoms with Crippen molar-refractivity contribution in [2.75, 3.05) is 39.0 Å². The lowest BCUT2D eigenvalue weighted by molar-refractivity contribution is -0.130. The number of ether oxygens (including phenoxy) is 1. The number of nitrogens with two attached hydrogens (primary N) is 1. The van der Waals surface area contributed by atoms with Gasteiger partial charge in [0.15, 0.2) is 5.82 Å². The van der Waals surface area contributed by atoms with Gasteiger partial charge in [0, 0.05) is 55.7 Å². The van der Waals surface area contributed by atoms with Crippen LogP contribution in [0.1, 0.15) is 23.7 Å². The van der Waals surface area contributed by atoms with Gasteiger partial charge < -0.3 is 20.5 Å². The molecule has 34 heavy (non-hydrogen) atoms. The van der Waals surface area contributed by atoms with Crippen LogP contribution in [0.2, 0.25) is 0 Å². The quantitative estimate of drug-likeness (QED) is 0.452. The van der Waals surface area contributed by atoms with Crippen LogP contribution in [-0.4, -0.2) is 68.7 Å². The molecule has 0 radical (unpaired) electrons. The number of aliphatic hydroxyl groups excluding tert-OH is 1. The first-order valence-electron chi connectivity index (χ1n) is 11.2. The summed E-state index contributed by atoms with van der Waals surface area (Å²) in [5.74, 6) is 1.29. The van der Waals surface area contributed by atoms with Crippen molar-refractivity contribution in [1.82, 2.24) is 24.4 Å². The van der Waals surface area contributed by atoms with Crippen LogP contribution in [0.15, 0.2) is 24.5 Å². The predicted octanol–water partition coefficient (Wildman–Crippen LogP) is 2.67. The molecule has 10 heteroatoms. The minimum absolute atomic E-state index is 0.0991. The second-order valence-electron chi connectivity index (χ2n) is 8.64. The van der Waals surface area contributed by atoms with Crippen LogP contribution >= 0.6 is 11.3 Å². The molecule has 3 aromatic heterocycles. The lowest BCUT2D eigenvalue weighted by Gasteiger charge is -2.34. The van der Waals surface area contributed by atoms with Gasteiger partial charge in [-0.05, 0) is 30.0 Å². The van der Waals surface area contributed by atoms with Gasteiger partial charge in [-0.3, -0.25) is 9.69 Å². The van der Waals surface area contributed by atoms with Crippen LogP contribution in [0.3, 0.4) is 0 Å². The molecule has 178 valence electrons. The number of aliphatic hydroxyl groups is 1. The summed E-state index contributed by atoms with van der Waals surface area (Å²) in [6.07, 6.45) is 1.45. The lowest BCUT2D eigenvalue weighted by Crippen LogP contribution is -2.47. The zero-order valence-electron chi connectivity index (χ0n) is 19.5. The Balaban J connectivity index is 1.64. The Morgan fingerprint density at radius 3 is 2.68 bits per heavy atom.